The summed E-state index contributed by atoms with van der Waals surface area (Å²) < 4.78 is 0. The molecule has 0 spiro atoms. The van der Waals surface area contributed by atoms with E-state index in [1.165, 1.54) is 75.4 Å². The summed E-state index contributed by atoms with van der Waals surface area (Å²) in [6, 6.07) is 36.5. The first-order valence-corrected chi connectivity index (χ1v) is 13.5. The van der Waals surface area contributed by atoms with E-state index in [0.717, 1.165) is 17.8 Å². The predicted molar refractivity (Wildman–Crippen MR) is 154 cm³/mol. The molecule has 2 bridgehead atoms. The first kappa shape index (κ1) is 21.7. The Morgan fingerprint density at radius 1 is 0.611 bits per heavy atom. The van der Waals surface area contributed by atoms with E-state index < -0.39 is 0 Å². The van der Waals surface area contributed by atoms with Crippen LogP contribution in [0.2, 0.25) is 0 Å². The Morgan fingerprint density at radius 3 is 2.00 bits per heavy atom. The smallest absolute Gasteiger partial charge is 0.0618 e. The summed E-state index contributed by atoms with van der Waals surface area (Å²) >= 11 is 0. The van der Waals surface area contributed by atoms with Gasteiger partial charge in [-0.1, -0.05) is 67.1 Å². The lowest BCUT2D eigenvalue weighted by Crippen LogP contribution is -2.12. The predicted octanol–water partition coefficient (Wildman–Crippen LogP) is 9.98. The molecule has 1 heteroatoms. The van der Waals surface area contributed by atoms with Crippen LogP contribution < -0.4 is 4.90 Å². The standard InChI is InChI=1S/C35H33N/c1-23-7-5-10-30(17-23)36(31-11-6-8-24(2)18-31)35-32-12-4-3-9-26(32)21-28-15-16-29(22-34(28)35)33-20-25-13-14-27(33)19-25/h3-12,15-18,21-22,25,27,33H,13-14,19-20H2,1-2H3. The van der Waals surface area contributed by atoms with Crippen molar-refractivity contribution < 1.29 is 0 Å². The second kappa shape index (κ2) is 8.52. The Balaban J connectivity index is 1.53. The minimum absolute atomic E-state index is 0.721. The highest BCUT2D eigenvalue weighted by Gasteiger charge is 2.40. The topological polar surface area (TPSA) is 3.24 Å². The number of fused-ring (bicyclic) bond motifs is 4. The second-order valence-electron chi connectivity index (χ2n) is 11.2. The third kappa shape index (κ3) is 3.61. The fourth-order valence-corrected chi connectivity index (χ4v) is 7.12. The lowest BCUT2D eigenvalue weighted by atomic mass is 9.82. The van der Waals surface area contributed by atoms with Crippen LogP contribution in [0.4, 0.5) is 17.1 Å². The van der Waals surface area contributed by atoms with E-state index in [0.29, 0.717) is 0 Å². The summed E-state index contributed by atoms with van der Waals surface area (Å²) in [6.45, 7) is 4.37. The van der Waals surface area contributed by atoms with Crippen LogP contribution in [0.5, 0.6) is 0 Å². The van der Waals surface area contributed by atoms with Crippen LogP contribution in [0.25, 0.3) is 21.5 Å². The molecule has 2 fully saturated rings. The van der Waals surface area contributed by atoms with Gasteiger partial charge in [-0.2, -0.15) is 0 Å². The molecule has 0 N–H and O–H groups in total. The molecule has 0 aliphatic heterocycles. The molecule has 7 rings (SSSR count). The van der Waals surface area contributed by atoms with Crippen molar-refractivity contribution in [3.8, 4) is 0 Å². The van der Waals surface area contributed by atoms with Crippen LogP contribution in [0, 0.1) is 25.7 Å². The minimum atomic E-state index is 0.721. The average Bonchev–Trinajstić information content (AvgIpc) is 3.53. The van der Waals surface area contributed by atoms with Gasteiger partial charge >= 0.3 is 0 Å². The maximum Gasteiger partial charge on any atom is 0.0618 e. The van der Waals surface area contributed by atoms with Gasteiger partial charge in [-0.15, -0.1) is 0 Å². The number of nitrogens with zero attached hydrogens (tertiary/aromatic N) is 1. The molecule has 5 aromatic carbocycles. The van der Waals surface area contributed by atoms with Crippen molar-refractivity contribution in [1.29, 1.82) is 0 Å². The normalized spacial score (nSPS) is 20.9. The highest BCUT2D eigenvalue weighted by Crippen LogP contribution is 2.54. The molecule has 5 aromatic rings. The molecule has 1 nitrogen and oxygen atoms in total. The quantitative estimate of drug-likeness (QED) is 0.238. The van der Waals surface area contributed by atoms with Crippen molar-refractivity contribution in [2.75, 3.05) is 4.90 Å². The first-order valence-electron chi connectivity index (χ1n) is 13.5. The van der Waals surface area contributed by atoms with Crippen molar-refractivity contribution in [2.45, 2.75) is 45.4 Å². The molecule has 0 amide bonds. The molecule has 178 valence electrons. The maximum atomic E-state index is 2.54. The number of rotatable bonds is 4. The van der Waals surface area contributed by atoms with Crippen LogP contribution >= 0.6 is 0 Å². The second-order valence-corrected chi connectivity index (χ2v) is 11.2. The van der Waals surface area contributed by atoms with Crippen molar-refractivity contribution >= 4 is 38.6 Å². The Bertz CT molecular complexity index is 1550. The summed E-state index contributed by atoms with van der Waals surface area (Å²) in [4.78, 5) is 2.50. The Hall–Kier alpha value is -3.58. The summed E-state index contributed by atoms with van der Waals surface area (Å²) in [6.07, 6.45) is 5.67. The minimum Gasteiger partial charge on any atom is -0.309 e. The fraction of sp³-hybridized carbons (Fsp3) is 0.257. The zero-order valence-electron chi connectivity index (χ0n) is 21.2. The van der Waals surface area contributed by atoms with Crippen LogP contribution in [0.3, 0.4) is 0 Å². The summed E-state index contributed by atoms with van der Waals surface area (Å²) in [5, 5.41) is 5.27. The molecule has 3 atom stereocenters. The molecule has 0 radical (unpaired) electrons. The Kier molecular flexibility index (Phi) is 5.13. The van der Waals surface area contributed by atoms with Gasteiger partial charge in [0.2, 0.25) is 0 Å². The average molecular weight is 468 g/mol. The van der Waals surface area contributed by atoms with Crippen molar-refractivity contribution in [2.24, 2.45) is 11.8 Å². The third-order valence-electron chi connectivity index (χ3n) is 8.77. The van der Waals surface area contributed by atoms with Gasteiger partial charge in [-0.25, -0.2) is 0 Å². The SMILES string of the molecule is Cc1cccc(N(c2cccc(C)c2)c2c3ccccc3cc3ccc(C4CC5CCC4C5)cc23)c1. The third-order valence-corrected chi connectivity index (χ3v) is 8.77. The number of anilines is 3. The number of hydrogen-bond acceptors (Lipinski definition) is 1. The highest BCUT2D eigenvalue weighted by molar-refractivity contribution is 6.14. The highest BCUT2D eigenvalue weighted by atomic mass is 15.1. The Morgan fingerprint density at radius 2 is 1.33 bits per heavy atom. The molecule has 36 heavy (non-hydrogen) atoms. The van der Waals surface area contributed by atoms with Crippen molar-refractivity contribution in [3.05, 3.63) is 114 Å². The van der Waals surface area contributed by atoms with Gasteiger partial charge in [0.05, 0.1) is 5.69 Å². The van der Waals surface area contributed by atoms with Crippen molar-refractivity contribution in [3.63, 3.8) is 0 Å². The zero-order valence-corrected chi connectivity index (χ0v) is 21.2. The van der Waals surface area contributed by atoms with Gasteiger partial charge in [-0.3, -0.25) is 0 Å². The molecule has 0 aromatic heterocycles. The molecular formula is C35H33N. The molecule has 3 unspecified atom stereocenters. The number of hydrogen-bond donors (Lipinski definition) is 0. The monoisotopic (exact) mass is 467 g/mol. The number of benzene rings is 5. The van der Waals surface area contributed by atoms with Gasteiger partial charge in [-0.05, 0) is 115 Å². The first-order chi connectivity index (χ1) is 17.6. The largest absolute Gasteiger partial charge is 0.309 e. The summed E-state index contributed by atoms with van der Waals surface area (Å²) in [5.74, 6) is 2.54. The van der Waals surface area contributed by atoms with Gasteiger partial charge in [0.15, 0.2) is 0 Å². The van der Waals surface area contributed by atoms with Crippen LogP contribution in [0.1, 0.15) is 48.3 Å². The molecule has 0 heterocycles. The lowest BCUT2D eigenvalue weighted by molar-refractivity contribution is 0.420. The van der Waals surface area contributed by atoms with Crippen LogP contribution in [0.15, 0.2) is 97.1 Å². The lowest BCUT2D eigenvalue weighted by Gasteiger charge is -2.30. The molecular weight excluding hydrogens is 434 g/mol. The van der Waals surface area contributed by atoms with E-state index in [4.69, 9.17) is 0 Å². The number of aryl methyl sites for hydroxylation is 2. The van der Waals surface area contributed by atoms with Crippen molar-refractivity contribution in [1.82, 2.24) is 0 Å². The maximum absolute atomic E-state index is 2.54. The molecule has 2 aliphatic carbocycles. The molecule has 2 saturated carbocycles. The summed E-state index contributed by atoms with van der Waals surface area (Å²) in [7, 11) is 0. The molecule has 0 saturated heterocycles. The van der Waals surface area contributed by atoms with E-state index in [1.54, 1.807) is 5.56 Å². The van der Waals surface area contributed by atoms with E-state index in [2.05, 4.69) is 116 Å². The van der Waals surface area contributed by atoms with E-state index in [9.17, 15) is 0 Å². The van der Waals surface area contributed by atoms with Gasteiger partial charge in [0.25, 0.3) is 0 Å². The van der Waals surface area contributed by atoms with E-state index in [1.807, 2.05) is 0 Å². The Labute approximate surface area is 214 Å². The van der Waals surface area contributed by atoms with Gasteiger partial charge in [0, 0.05) is 22.1 Å². The van der Waals surface area contributed by atoms with Gasteiger partial charge < -0.3 is 4.90 Å². The van der Waals surface area contributed by atoms with Crippen LogP contribution in [-0.2, 0) is 0 Å². The van der Waals surface area contributed by atoms with Crippen LogP contribution in [-0.4, -0.2) is 0 Å². The van der Waals surface area contributed by atoms with E-state index >= 15 is 0 Å². The fourth-order valence-electron chi connectivity index (χ4n) is 7.12. The molecule has 2 aliphatic rings. The zero-order chi connectivity index (χ0) is 24.2. The van der Waals surface area contributed by atoms with E-state index in [-0.39, 0.29) is 0 Å². The van der Waals surface area contributed by atoms with Gasteiger partial charge in [0.1, 0.15) is 0 Å². The summed E-state index contributed by atoms with van der Waals surface area (Å²) in [5.41, 5.74) is 7.81.